The van der Waals surface area contributed by atoms with Gasteiger partial charge in [0.2, 0.25) is 0 Å². The summed E-state index contributed by atoms with van der Waals surface area (Å²) < 4.78 is 14.5. The predicted octanol–water partition coefficient (Wildman–Crippen LogP) is 9.09. The first-order valence-electron chi connectivity index (χ1n) is 10.3. The number of rotatable bonds is 6. The molecule has 0 fully saturated rings. The molecule has 0 aromatic carbocycles. The summed E-state index contributed by atoms with van der Waals surface area (Å²) in [4.78, 5) is 0. The molecule has 0 aromatic heterocycles. The maximum Gasteiger partial charge on any atom is 0 e. The van der Waals surface area contributed by atoms with Crippen LogP contribution in [0.5, 0.6) is 0 Å². The molecule has 0 saturated carbocycles. The second kappa shape index (κ2) is 18.9. The zero-order valence-electron chi connectivity index (χ0n) is 24.1. The van der Waals surface area contributed by atoms with Gasteiger partial charge in [0.1, 0.15) is 0 Å². The number of nitrogens with zero attached hydrogens (tertiary/aromatic N) is 3. The van der Waals surface area contributed by atoms with Crippen molar-refractivity contribution in [2.75, 3.05) is 0 Å². The molecule has 0 heterocycles. The van der Waals surface area contributed by atoms with Gasteiger partial charge in [0.25, 0.3) is 0 Å². The van der Waals surface area contributed by atoms with Gasteiger partial charge in [-0.1, -0.05) is 167 Å². The Morgan fingerprint density at radius 3 is 0.300 bits per heavy atom. The van der Waals surface area contributed by atoms with Crippen LogP contribution in [-0.2, 0) is 0 Å². The molecule has 0 atom stereocenters. The van der Waals surface area contributed by atoms with Crippen molar-refractivity contribution in [3.8, 4) is 0 Å². The van der Waals surface area contributed by atoms with E-state index in [1.54, 1.807) is 0 Å². The Bertz CT molecular complexity index is 305. The molecule has 0 spiro atoms. The number of hydrogen-bond donors (Lipinski definition) is 0. The molecule has 0 unspecified atom stereocenters. The van der Waals surface area contributed by atoms with Gasteiger partial charge in [-0.25, -0.2) is 0 Å². The van der Waals surface area contributed by atoms with E-state index in [0.29, 0.717) is 0 Å². The summed E-state index contributed by atoms with van der Waals surface area (Å²) in [5.41, 5.74) is 0. The van der Waals surface area contributed by atoms with E-state index in [-0.39, 0.29) is 107 Å². The van der Waals surface area contributed by atoms with E-state index in [0.717, 1.165) is 0 Å². The molecule has 0 amide bonds. The molecule has 0 aromatic rings. The molecule has 0 aliphatic heterocycles. The first-order valence-corrected chi connectivity index (χ1v) is 31.0. The van der Waals surface area contributed by atoms with E-state index in [1.165, 1.54) is 0 Å². The molecule has 0 aliphatic carbocycles. The van der Waals surface area contributed by atoms with Crippen LogP contribution in [0.4, 0.5) is 0 Å². The first-order chi connectivity index (χ1) is 11.1. The SMILES string of the molecule is C[Si](C)(C)[N-][Si](C)(C)C.C[Si](C)(C)[N-][Si](C)(C)C.C[Si](C)(C)[N-][Si](C)(C)C.[La].[La].[La]. The molecule has 0 N–H and O–H groups in total. The topological polar surface area (TPSA) is 42.3 Å². The standard InChI is InChI=1S/3C6H18NSi2.3La/c3*1-8(2,3)7-9(4,5)6;;;/h3*1-6H3;;;/q3*-1;;;. The molecule has 177 valence electrons. The maximum absolute atomic E-state index is 4.82. The molecular formula is C18H54La3N3Si6-3. The predicted molar refractivity (Wildman–Crippen MR) is 150 cm³/mol. The zero-order valence-corrected chi connectivity index (χ0v) is 41.0. The fourth-order valence-corrected chi connectivity index (χ4v) is 27.2. The van der Waals surface area contributed by atoms with Crippen LogP contribution in [0.2, 0.25) is 118 Å². The summed E-state index contributed by atoms with van der Waals surface area (Å²) in [6.45, 7) is 41.3. The summed E-state index contributed by atoms with van der Waals surface area (Å²) in [6, 6.07) is 0. The molecule has 0 bridgehead atoms. The maximum atomic E-state index is 4.82. The average Bonchev–Trinajstić information content (AvgIpc) is 1.96. The number of hydrogen-bond acceptors (Lipinski definition) is 0. The van der Waals surface area contributed by atoms with Crippen LogP contribution in [-0.4, -0.2) is 49.4 Å². The van der Waals surface area contributed by atoms with Crippen LogP contribution in [0.15, 0.2) is 0 Å². The third kappa shape index (κ3) is 63.8. The van der Waals surface area contributed by atoms with E-state index in [4.69, 9.17) is 13.9 Å². The molecule has 0 saturated heterocycles. The third-order valence-corrected chi connectivity index (χ3v) is 18.1. The van der Waals surface area contributed by atoms with Gasteiger partial charge in [-0.2, -0.15) is 0 Å². The molecule has 3 nitrogen and oxygen atoms in total. The van der Waals surface area contributed by atoms with Gasteiger partial charge in [-0.05, 0) is 0 Å². The minimum atomic E-state index is -1.11. The summed E-state index contributed by atoms with van der Waals surface area (Å²) in [6.07, 6.45) is 0. The fourth-order valence-electron chi connectivity index (χ4n) is 3.02. The molecule has 30 heavy (non-hydrogen) atoms. The van der Waals surface area contributed by atoms with Gasteiger partial charge in [-0.3, -0.25) is 0 Å². The van der Waals surface area contributed by atoms with Crippen molar-refractivity contribution in [1.29, 1.82) is 0 Å². The average molecular weight is 898 g/mol. The molecule has 0 aliphatic rings. The molecule has 12 heteroatoms. The van der Waals surface area contributed by atoms with E-state index >= 15 is 0 Å². The Labute approximate surface area is 283 Å². The van der Waals surface area contributed by atoms with Gasteiger partial charge < -0.3 is 13.9 Å². The Kier molecular flexibility index (Phi) is 30.2. The van der Waals surface area contributed by atoms with Crippen molar-refractivity contribution in [2.24, 2.45) is 0 Å². The van der Waals surface area contributed by atoms with E-state index in [9.17, 15) is 0 Å². The zero-order chi connectivity index (χ0) is 23.1. The van der Waals surface area contributed by atoms with Gasteiger partial charge in [0.05, 0.1) is 0 Å². The minimum absolute atomic E-state index is 0. The Morgan fingerprint density at radius 1 is 0.233 bits per heavy atom. The first kappa shape index (κ1) is 47.9. The Balaban J connectivity index is -0.0000000686. The van der Waals surface area contributed by atoms with Crippen LogP contribution in [0.25, 0.3) is 13.9 Å². The van der Waals surface area contributed by atoms with Crippen molar-refractivity contribution < 1.29 is 107 Å². The third-order valence-electron chi connectivity index (χ3n) is 2.01. The Morgan fingerprint density at radius 2 is 0.300 bits per heavy atom. The molecular weight excluding hydrogens is 843 g/mol. The van der Waals surface area contributed by atoms with Crippen LogP contribution in [0.1, 0.15) is 0 Å². The van der Waals surface area contributed by atoms with E-state index in [2.05, 4.69) is 118 Å². The van der Waals surface area contributed by atoms with Crippen LogP contribution in [0.3, 0.4) is 0 Å². The monoisotopic (exact) mass is 897 g/mol. The normalized spacial score (nSPS) is 12.6. The second-order valence-corrected chi connectivity index (χ2v) is 42.1. The van der Waals surface area contributed by atoms with E-state index < -0.39 is 49.4 Å². The quantitative estimate of drug-likeness (QED) is 0.239. The summed E-state index contributed by atoms with van der Waals surface area (Å²) >= 11 is 0. The Hall–Kier alpha value is 4.77. The van der Waals surface area contributed by atoms with Gasteiger partial charge >= 0.3 is 0 Å². The van der Waals surface area contributed by atoms with Crippen LogP contribution >= 0.6 is 0 Å². The van der Waals surface area contributed by atoms with E-state index in [1.807, 2.05) is 0 Å². The largest absolute Gasteiger partial charge is 0.668 e. The van der Waals surface area contributed by atoms with Crippen molar-refractivity contribution in [3.05, 3.63) is 13.9 Å². The summed E-state index contributed by atoms with van der Waals surface area (Å²) in [7, 11) is -6.64. The molecule has 3 radical (unpaired) electrons. The summed E-state index contributed by atoms with van der Waals surface area (Å²) in [5, 5.41) is 0. The van der Waals surface area contributed by atoms with Crippen LogP contribution < -0.4 is 0 Å². The smallest absolute Gasteiger partial charge is 0 e. The summed E-state index contributed by atoms with van der Waals surface area (Å²) in [5.74, 6) is 0. The van der Waals surface area contributed by atoms with Crippen molar-refractivity contribution >= 4 is 49.4 Å². The second-order valence-electron chi connectivity index (χ2n) is 13.4. The van der Waals surface area contributed by atoms with Crippen molar-refractivity contribution in [1.82, 2.24) is 0 Å². The molecule has 0 rings (SSSR count). The van der Waals surface area contributed by atoms with Crippen molar-refractivity contribution in [3.63, 3.8) is 0 Å². The van der Waals surface area contributed by atoms with Gasteiger partial charge in [-0.15, -0.1) is 0 Å². The van der Waals surface area contributed by atoms with Crippen molar-refractivity contribution in [2.45, 2.75) is 118 Å². The van der Waals surface area contributed by atoms with Gasteiger partial charge in [0.15, 0.2) is 0 Å². The fraction of sp³-hybridized carbons (Fsp3) is 1.00. The van der Waals surface area contributed by atoms with Gasteiger partial charge in [0, 0.05) is 107 Å². The minimum Gasteiger partial charge on any atom is -0.668 e. The van der Waals surface area contributed by atoms with Crippen LogP contribution in [0, 0.1) is 107 Å².